The number of nitrogens with zero attached hydrogens (tertiary/aromatic N) is 2. The first-order valence-electron chi connectivity index (χ1n) is 11.0. The zero-order chi connectivity index (χ0) is 23.1. The van der Waals surface area contributed by atoms with Crippen LogP contribution in [0.15, 0.2) is 15.8 Å². The maximum Gasteiger partial charge on any atom is 0.330 e. The average molecular weight is 444 g/mol. The molecule has 0 bridgehead atoms. The van der Waals surface area contributed by atoms with Crippen molar-refractivity contribution in [2.45, 2.75) is 58.0 Å². The van der Waals surface area contributed by atoms with Gasteiger partial charge in [0.05, 0.1) is 12.7 Å². The van der Waals surface area contributed by atoms with E-state index in [9.17, 15) is 9.59 Å². The van der Waals surface area contributed by atoms with E-state index >= 15 is 0 Å². The number of H-pyrrole nitrogens is 1. The molecular weight excluding hydrogens is 402 g/mol. The van der Waals surface area contributed by atoms with E-state index in [1.807, 2.05) is 6.92 Å². The molecule has 0 radical (unpaired) electrons. The van der Waals surface area contributed by atoms with Gasteiger partial charge in [-0.05, 0) is 71.8 Å². The Morgan fingerprint density at radius 2 is 1.71 bits per heavy atom. The number of aromatic nitrogens is 2. The highest BCUT2D eigenvalue weighted by Gasteiger charge is 2.18. The summed E-state index contributed by atoms with van der Waals surface area (Å²) in [5.74, 6) is 0. The van der Waals surface area contributed by atoms with Crippen molar-refractivity contribution in [1.82, 2.24) is 14.5 Å². The molecule has 10 heteroatoms. The minimum absolute atomic E-state index is 0.0102. The minimum atomic E-state index is -0.496. The van der Waals surface area contributed by atoms with Crippen molar-refractivity contribution in [3.63, 3.8) is 0 Å². The number of ether oxygens (including phenoxy) is 3. The number of aryl methyl sites for hydroxylation is 1. The van der Waals surface area contributed by atoms with Crippen LogP contribution in [0.4, 0.5) is 0 Å². The van der Waals surface area contributed by atoms with Gasteiger partial charge >= 0.3 is 5.69 Å². The van der Waals surface area contributed by atoms with Crippen LogP contribution in [-0.2, 0) is 27.4 Å². The predicted molar refractivity (Wildman–Crippen MR) is 121 cm³/mol. The standard InChI is InChI=1S/C21H41N5O5/c1-17(30-3)19(15-29-2)31-16-26-14-18(20(27)24-21(26)28)8-4-5-11-25(12-6-9-22)13-7-10-23/h14,17,19H,4-13,15-16,22-23H2,1-3H3,(H,24,27,28). The Morgan fingerprint density at radius 1 is 1.06 bits per heavy atom. The SMILES string of the molecule is COCC(OCn1cc(CCCCN(CCCN)CCCN)c(=O)[nH]c1=O)C(C)OC. The molecule has 180 valence electrons. The third-order valence-electron chi connectivity index (χ3n) is 5.27. The van der Waals surface area contributed by atoms with E-state index < -0.39 is 5.69 Å². The summed E-state index contributed by atoms with van der Waals surface area (Å²) in [4.78, 5) is 29.1. The molecule has 1 aromatic heterocycles. The molecule has 1 aromatic rings. The zero-order valence-corrected chi connectivity index (χ0v) is 19.3. The summed E-state index contributed by atoms with van der Waals surface area (Å²) >= 11 is 0. The molecule has 10 nitrogen and oxygen atoms in total. The van der Waals surface area contributed by atoms with Gasteiger partial charge in [0.25, 0.3) is 5.56 Å². The number of nitrogens with one attached hydrogen (secondary N) is 1. The number of rotatable bonds is 18. The zero-order valence-electron chi connectivity index (χ0n) is 19.3. The van der Waals surface area contributed by atoms with Gasteiger partial charge < -0.3 is 30.6 Å². The number of hydrogen-bond acceptors (Lipinski definition) is 8. The molecule has 31 heavy (non-hydrogen) atoms. The highest BCUT2D eigenvalue weighted by molar-refractivity contribution is 5.04. The molecule has 0 aliphatic carbocycles. The van der Waals surface area contributed by atoms with Crippen molar-refractivity contribution in [2.24, 2.45) is 11.5 Å². The van der Waals surface area contributed by atoms with Crippen LogP contribution in [0.1, 0.15) is 38.2 Å². The molecule has 0 spiro atoms. The lowest BCUT2D eigenvalue weighted by Gasteiger charge is -2.23. The van der Waals surface area contributed by atoms with Gasteiger partial charge in [0, 0.05) is 26.0 Å². The van der Waals surface area contributed by atoms with Crippen LogP contribution in [0, 0.1) is 0 Å². The molecular formula is C21H41N5O5. The molecule has 0 fully saturated rings. The Balaban J connectivity index is 2.64. The van der Waals surface area contributed by atoms with Gasteiger partial charge in [-0.15, -0.1) is 0 Å². The molecule has 5 N–H and O–H groups in total. The monoisotopic (exact) mass is 443 g/mol. The topological polar surface area (TPSA) is 138 Å². The van der Waals surface area contributed by atoms with Crippen LogP contribution in [0.3, 0.4) is 0 Å². The maximum absolute atomic E-state index is 12.2. The van der Waals surface area contributed by atoms with E-state index in [2.05, 4.69) is 9.88 Å². The van der Waals surface area contributed by atoms with Crippen molar-refractivity contribution in [3.05, 3.63) is 32.6 Å². The Kier molecular flexibility index (Phi) is 14.3. The first kappa shape index (κ1) is 27.5. The van der Waals surface area contributed by atoms with E-state index in [1.54, 1.807) is 20.4 Å². The van der Waals surface area contributed by atoms with E-state index in [4.69, 9.17) is 25.7 Å². The first-order chi connectivity index (χ1) is 15.0. The maximum atomic E-state index is 12.2. The van der Waals surface area contributed by atoms with Crippen molar-refractivity contribution >= 4 is 0 Å². The molecule has 0 aliphatic heterocycles. The van der Waals surface area contributed by atoms with E-state index in [1.165, 1.54) is 4.57 Å². The molecule has 2 unspecified atom stereocenters. The lowest BCUT2D eigenvalue weighted by atomic mass is 10.1. The van der Waals surface area contributed by atoms with Gasteiger partial charge in [-0.25, -0.2) is 4.79 Å². The number of hydrogen-bond donors (Lipinski definition) is 3. The Morgan fingerprint density at radius 3 is 2.29 bits per heavy atom. The van der Waals surface area contributed by atoms with Crippen molar-refractivity contribution in [1.29, 1.82) is 0 Å². The fraction of sp³-hybridized carbons (Fsp3) is 0.810. The number of unbranched alkanes of at least 4 members (excludes halogenated alkanes) is 1. The normalized spacial score (nSPS) is 13.6. The molecule has 0 saturated heterocycles. The highest BCUT2D eigenvalue weighted by Crippen LogP contribution is 2.06. The molecule has 0 aromatic carbocycles. The molecule has 1 rings (SSSR count). The summed E-state index contributed by atoms with van der Waals surface area (Å²) in [6.45, 7) is 6.42. The van der Waals surface area contributed by atoms with Crippen LogP contribution in [-0.4, -0.2) is 80.2 Å². The summed E-state index contributed by atoms with van der Waals surface area (Å²) in [5, 5.41) is 0. The third kappa shape index (κ3) is 10.5. The van der Waals surface area contributed by atoms with Crippen LogP contribution in [0.5, 0.6) is 0 Å². The van der Waals surface area contributed by atoms with Gasteiger partial charge in [0.1, 0.15) is 12.8 Å². The molecule has 2 atom stereocenters. The summed E-state index contributed by atoms with van der Waals surface area (Å²) in [7, 11) is 3.17. The summed E-state index contributed by atoms with van der Waals surface area (Å²) in [5.41, 5.74) is 11.0. The molecule has 0 aliphatic rings. The number of nitrogens with two attached hydrogens (primary N) is 2. The van der Waals surface area contributed by atoms with Crippen molar-refractivity contribution in [2.75, 3.05) is 53.6 Å². The Hall–Kier alpha value is -1.56. The Bertz CT molecular complexity index is 700. The van der Waals surface area contributed by atoms with Gasteiger partial charge in [-0.2, -0.15) is 0 Å². The largest absolute Gasteiger partial charge is 0.382 e. The second kappa shape index (κ2) is 16.1. The fourth-order valence-corrected chi connectivity index (χ4v) is 3.26. The first-order valence-corrected chi connectivity index (χ1v) is 11.0. The lowest BCUT2D eigenvalue weighted by Crippen LogP contribution is -2.37. The van der Waals surface area contributed by atoms with Gasteiger partial charge in [-0.1, -0.05) is 0 Å². The summed E-state index contributed by atoms with van der Waals surface area (Å²) in [6.07, 6.45) is 5.37. The van der Waals surface area contributed by atoms with Crippen molar-refractivity contribution < 1.29 is 14.2 Å². The van der Waals surface area contributed by atoms with Crippen molar-refractivity contribution in [3.8, 4) is 0 Å². The molecule has 1 heterocycles. The lowest BCUT2D eigenvalue weighted by molar-refractivity contribution is -0.101. The fourth-order valence-electron chi connectivity index (χ4n) is 3.26. The molecule has 0 amide bonds. The average Bonchev–Trinajstić information content (AvgIpc) is 2.76. The number of methoxy groups -OCH3 is 2. The van der Waals surface area contributed by atoms with Crippen LogP contribution >= 0.6 is 0 Å². The van der Waals surface area contributed by atoms with E-state index in [0.29, 0.717) is 31.7 Å². The predicted octanol–water partition coefficient (Wildman–Crippen LogP) is -0.117. The van der Waals surface area contributed by atoms with E-state index in [-0.39, 0.29) is 24.5 Å². The van der Waals surface area contributed by atoms with Gasteiger partial charge in [-0.3, -0.25) is 14.3 Å². The second-order valence-electron chi connectivity index (χ2n) is 7.70. The summed E-state index contributed by atoms with van der Waals surface area (Å²) in [6, 6.07) is 0. The van der Waals surface area contributed by atoms with E-state index in [0.717, 1.165) is 45.3 Å². The second-order valence-corrected chi connectivity index (χ2v) is 7.70. The van der Waals surface area contributed by atoms with Gasteiger partial charge in [0.2, 0.25) is 0 Å². The van der Waals surface area contributed by atoms with Crippen LogP contribution in [0.25, 0.3) is 0 Å². The Labute approximate surface area is 184 Å². The third-order valence-corrected chi connectivity index (χ3v) is 5.27. The smallest absolute Gasteiger partial charge is 0.330 e. The van der Waals surface area contributed by atoms with Crippen LogP contribution in [0.2, 0.25) is 0 Å². The quantitative estimate of drug-likeness (QED) is 0.267. The number of aromatic amines is 1. The minimum Gasteiger partial charge on any atom is -0.382 e. The van der Waals surface area contributed by atoms with Crippen LogP contribution < -0.4 is 22.7 Å². The summed E-state index contributed by atoms with van der Waals surface area (Å²) < 4.78 is 17.6. The highest BCUT2D eigenvalue weighted by atomic mass is 16.6. The van der Waals surface area contributed by atoms with Gasteiger partial charge in [0.15, 0.2) is 0 Å². The molecule has 0 saturated carbocycles.